The predicted octanol–water partition coefficient (Wildman–Crippen LogP) is 1.04. The van der Waals surface area contributed by atoms with Crippen molar-refractivity contribution in [3.63, 3.8) is 0 Å². The molecular formula is C13H15F2NO3. The fourth-order valence-corrected chi connectivity index (χ4v) is 1.84. The largest absolute Gasteiger partial charge is 0.376 e. The third kappa shape index (κ3) is 4.57. The Hall–Kier alpha value is -1.53. The minimum Gasteiger partial charge on any atom is -0.376 e. The summed E-state index contributed by atoms with van der Waals surface area (Å²) < 4.78 is 36.4. The number of halogens is 2. The summed E-state index contributed by atoms with van der Waals surface area (Å²) in [5.41, 5.74) is 0.302. The van der Waals surface area contributed by atoms with Gasteiger partial charge in [0, 0.05) is 12.6 Å². The summed E-state index contributed by atoms with van der Waals surface area (Å²) in [6.07, 6.45) is -0.232. The number of hydrogen-bond acceptors (Lipinski definition) is 3. The van der Waals surface area contributed by atoms with Crippen molar-refractivity contribution in [2.75, 3.05) is 26.4 Å². The number of rotatable bonds is 4. The molecule has 104 valence electrons. The number of carbonyl (C=O) groups is 1. The maximum Gasteiger partial charge on any atom is 0.224 e. The first-order valence-corrected chi connectivity index (χ1v) is 6.04. The van der Waals surface area contributed by atoms with E-state index in [4.69, 9.17) is 9.47 Å². The smallest absolute Gasteiger partial charge is 0.224 e. The zero-order valence-corrected chi connectivity index (χ0v) is 10.3. The molecule has 1 fully saturated rings. The summed E-state index contributed by atoms with van der Waals surface area (Å²) in [6.45, 7) is 1.84. The first kappa shape index (κ1) is 13.9. The van der Waals surface area contributed by atoms with Crippen molar-refractivity contribution in [2.45, 2.75) is 12.5 Å². The van der Waals surface area contributed by atoms with Gasteiger partial charge in [-0.1, -0.05) is 0 Å². The van der Waals surface area contributed by atoms with Gasteiger partial charge < -0.3 is 14.8 Å². The molecule has 1 heterocycles. The molecule has 6 heteroatoms. The van der Waals surface area contributed by atoms with Crippen molar-refractivity contribution in [1.29, 1.82) is 0 Å². The van der Waals surface area contributed by atoms with Gasteiger partial charge in [-0.15, -0.1) is 0 Å². The van der Waals surface area contributed by atoms with Crippen molar-refractivity contribution in [2.24, 2.45) is 0 Å². The van der Waals surface area contributed by atoms with Gasteiger partial charge in [-0.3, -0.25) is 4.79 Å². The van der Waals surface area contributed by atoms with E-state index in [1.807, 2.05) is 0 Å². The molecule has 1 atom stereocenters. The van der Waals surface area contributed by atoms with Crippen LogP contribution in [0.15, 0.2) is 18.2 Å². The molecule has 19 heavy (non-hydrogen) atoms. The number of nitrogens with one attached hydrogen (secondary N) is 1. The van der Waals surface area contributed by atoms with Gasteiger partial charge >= 0.3 is 0 Å². The standard InChI is InChI=1S/C13H15F2NO3/c14-10-3-9(4-11(15)6-10)5-13(17)16-7-12-8-18-1-2-19-12/h3-4,6,12H,1-2,5,7-8H2,(H,16,17)/t12-/m0/s1. The van der Waals surface area contributed by atoms with E-state index in [9.17, 15) is 13.6 Å². The van der Waals surface area contributed by atoms with Crippen LogP contribution in [0.1, 0.15) is 5.56 Å². The van der Waals surface area contributed by atoms with Crippen LogP contribution >= 0.6 is 0 Å². The van der Waals surface area contributed by atoms with E-state index in [1.165, 1.54) is 0 Å². The van der Waals surface area contributed by atoms with Gasteiger partial charge in [-0.05, 0) is 17.7 Å². The van der Waals surface area contributed by atoms with Crippen molar-refractivity contribution in [1.82, 2.24) is 5.32 Å². The molecule has 1 aliphatic rings. The maximum absolute atomic E-state index is 12.9. The Morgan fingerprint density at radius 1 is 1.26 bits per heavy atom. The highest BCUT2D eigenvalue weighted by Crippen LogP contribution is 2.08. The zero-order valence-electron chi connectivity index (χ0n) is 10.3. The highest BCUT2D eigenvalue weighted by molar-refractivity contribution is 5.78. The van der Waals surface area contributed by atoms with Crippen LogP contribution in [-0.2, 0) is 20.7 Å². The molecule has 0 bridgehead atoms. The fourth-order valence-electron chi connectivity index (χ4n) is 1.84. The molecule has 1 N–H and O–H groups in total. The van der Waals surface area contributed by atoms with Crippen LogP contribution in [0.2, 0.25) is 0 Å². The van der Waals surface area contributed by atoms with Crippen molar-refractivity contribution in [3.05, 3.63) is 35.4 Å². The van der Waals surface area contributed by atoms with Crippen molar-refractivity contribution < 1.29 is 23.0 Å². The average Bonchev–Trinajstić information content (AvgIpc) is 2.36. The monoisotopic (exact) mass is 271 g/mol. The van der Waals surface area contributed by atoms with E-state index in [0.717, 1.165) is 18.2 Å². The molecule has 4 nitrogen and oxygen atoms in total. The van der Waals surface area contributed by atoms with Gasteiger partial charge in [0.2, 0.25) is 5.91 Å². The third-order valence-electron chi connectivity index (χ3n) is 2.70. The number of ether oxygens (including phenoxy) is 2. The average molecular weight is 271 g/mol. The summed E-state index contributed by atoms with van der Waals surface area (Å²) in [4.78, 5) is 11.6. The molecule has 0 unspecified atom stereocenters. The van der Waals surface area contributed by atoms with Crippen molar-refractivity contribution in [3.8, 4) is 0 Å². The Morgan fingerprint density at radius 2 is 2.00 bits per heavy atom. The highest BCUT2D eigenvalue weighted by Gasteiger charge is 2.15. The quantitative estimate of drug-likeness (QED) is 0.890. The third-order valence-corrected chi connectivity index (χ3v) is 2.70. The lowest BCUT2D eigenvalue weighted by Crippen LogP contribution is -2.40. The van der Waals surface area contributed by atoms with Crippen LogP contribution in [0.3, 0.4) is 0 Å². The molecule has 1 aliphatic heterocycles. The molecule has 0 saturated carbocycles. The Bertz CT molecular complexity index is 427. The predicted molar refractivity (Wildman–Crippen MR) is 63.6 cm³/mol. The van der Waals surface area contributed by atoms with Crippen LogP contribution < -0.4 is 5.32 Å². The van der Waals surface area contributed by atoms with Crippen LogP contribution in [0.5, 0.6) is 0 Å². The summed E-state index contributed by atoms with van der Waals surface area (Å²) in [5, 5.41) is 2.65. The van der Waals surface area contributed by atoms with Gasteiger partial charge in [-0.2, -0.15) is 0 Å². The van der Waals surface area contributed by atoms with Crippen LogP contribution in [0.4, 0.5) is 8.78 Å². The second-order valence-corrected chi connectivity index (χ2v) is 4.33. The van der Waals surface area contributed by atoms with Gasteiger partial charge in [-0.25, -0.2) is 8.78 Å². The molecule has 0 aromatic heterocycles. The Labute approximate surface area is 109 Å². The Kier molecular flexibility index (Phi) is 4.81. The van der Waals surface area contributed by atoms with Gasteiger partial charge in [0.15, 0.2) is 0 Å². The van der Waals surface area contributed by atoms with E-state index in [0.29, 0.717) is 31.9 Å². The molecule has 1 aromatic carbocycles. The van der Waals surface area contributed by atoms with Crippen LogP contribution in [0.25, 0.3) is 0 Å². The normalized spacial score (nSPS) is 19.2. The number of hydrogen-bond donors (Lipinski definition) is 1. The van der Waals surface area contributed by atoms with E-state index in [1.54, 1.807) is 0 Å². The van der Waals surface area contributed by atoms with E-state index >= 15 is 0 Å². The summed E-state index contributed by atoms with van der Waals surface area (Å²) in [7, 11) is 0. The first-order chi connectivity index (χ1) is 9.13. The maximum atomic E-state index is 12.9. The second-order valence-electron chi connectivity index (χ2n) is 4.33. The van der Waals surface area contributed by atoms with E-state index in [2.05, 4.69) is 5.32 Å². The summed E-state index contributed by atoms with van der Waals surface area (Å²) >= 11 is 0. The first-order valence-electron chi connectivity index (χ1n) is 6.04. The Morgan fingerprint density at radius 3 is 2.63 bits per heavy atom. The fraction of sp³-hybridized carbons (Fsp3) is 0.462. The van der Waals surface area contributed by atoms with E-state index < -0.39 is 11.6 Å². The molecule has 0 aliphatic carbocycles. The van der Waals surface area contributed by atoms with Crippen LogP contribution in [0, 0.1) is 11.6 Å². The van der Waals surface area contributed by atoms with Gasteiger partial charge in [0.1, 0.15) is 11.6 Å². The summed E-state index contributed by atoms with van der Waals surface area (Å²) in [5.74, 6) is -1.68. The molecule has 0 radical (unpaired) electrons. The lowest BCUT2D eigenvalue weighted by Gasteiger charge is -2.23. The molecule has 2 rings (SSSR count). The highest BCUT2D eigenvalue weighted by atomic mass is 19.1. The minimum atomic E-state index is -0.688. The molecule has 1 amide bonds. The Balaban J connectivity index is 1.80. The van der Waals surface area contributed by atoms with Gasteiger partial charge in [0.25, 0.3) is 0 Å². The number of amides is 1. The molecule has 0 spiro atoms. The lowest BCUT2D eigenvalue weighted by molar-refractivity contribution is -0.123. The molecular weight excluding hydrogens is 256 g/mol. The second kappa shape index (κ2) is 6.58. The minimum absolute atomic E-state index is 0.0672. The summed E-state index contributed by atoms with van der Waals surface area (Å²) in [6, 6.07) is 3.06. The molecule has 1 saturated heterocycles. The topological polar surface area (TPSA) is 47.6 Å². The number of carbonyl (C=O) groups excluding carboxylic acids is 1. The van der Waals surface area contributed by atoms with E-state index in [-0.39, 0.29) is 18.4 Å². The van der Waals surface area contributed by atoms with Gasteiger partial charge in [0.05, 0.1) is 32.3 Å². The SMILES string of the molecule is O=C(Cc1cc(F)cc(F)c1)NC[C@H]1COCCO1. The zero-order chi connectivity index (χ0) is 13.7. The molecule has 1 aromatic rings. The number of benzene rings is 1. The van der Waals surface area contributed by atoms with Crippen molar-refractivity contribution >= 4 is 5.91 Å². The van der Waals surface area contributed by atoms with Crippen LogP contribution in [-0.4, -0.2) is 38.4 Å². The lowest BCUT2D eigenvalue weighted by atomic mass is 10.1.